The van der Waals surface area contributed by atoms with Crippen molar-refractivity contribution in [1.29, 1.82) is 0 Å². The Hall–Kier alpha value is -3.67. The highest BCUT2D eigenvalue weighted by Gasteiger charge is 2.33. The summed E-state index contributed by atoms with van der Waals surface area (Å²) in [5.41, 5.74) is 5.02. The van der Waals surface area contributed by atoms with Crippen molar-refractivity contribution in [3.8, 4) is 5.69 Å². The maximum atomic E-state index is 12.8. The van der Waals surface area contributed by atoms with Crippen LogP contribution < -0.4 is 5.32 Å². The van der Waals surface area contributed by atoms with E-state index in [4.69, 9.17) is 0 Å². The Morgan fingerprint density at radius 1 is 1.07 bits per heavy atom. The van der Waals surface area contributed by atoms with Crippen molar-refractivity contribution in [2.45, 2.75) is 20.4 Å². The molecule has 1 fully saturated rings. The molecular weight excluding hydrogens is 352 g/mol. The molecule has 6 heteroatoms. The molecule has 3 heterocycles. The van der Waals surface area contributed by atoms with Crippen molar-refractivity contribution in [2.24, 2.45) is 0 Å². The first kappa shape index (κ1) is 17.7. The van der Waals surface area contributed by atoms with Crippen molar-refractivity contribution >= 4 is 18.0 Å². The van der Waals surface area contributed by atoms with E-state index in [1.165, 1.54) is 4.90 Å². The summed E-state index contributed by atoms with van der Waals surface area (Å²) >= 11 is 0. The summed E-state index contributed by atoms with van der Waals surface area (Å²) in [4.78, 5) is 30.5. The fraction of sp³-hybridized carbons (Fsp3) is 0.136. The van der Waals surface area contributed by atoms with Gasteiger partial charge >= 0.3 is 6.03 Å². The van der Waals surface area contributed by atoms with E-state index in [2.05, 4.69) is 14.9 Å². The number of nitrogens with one attached hydrogen (secondary N) is 1. The number of amides is 3. The van der Waals surface area contributed by atoms with Crippen LogP contribution in [0, 0.1) is 13.8 Å². The van der Waals surface area contributed by atoms with Crippen molar-refractivity contribution < 1.29 is 9.59 Å². The molecule has 0 bridgehead atoms. The maximum absolute atomic E-state index is 12.8. The van der Waals surface area contributed by atoms with Gasteiger partial charge in [-0.2, -0.15) is 0 Å². The lowest BCUT2D eigenvalue weighted by Crippen LogP contribution is -2.30. The maximum Gasteiger partial charge on any atom is 0.329 e. The van der Waals surface area contributed by atoms with E-state index in [0.717, 1.165) is 28.2 Å². The average Bonchev–Trinajstić information content (AvgIpc) is 3.13. The molecule has 6 nitrogen and oxygen atoms in total. The number of imide groups is 1. The van der Waals surface area contributed by atoms with Crippen molar-refractivity contribution in [3.05, 3.63) is 89.1 Å². The number of urea groups is 1. The van der Waals surface area contributed by atoms with Crippen LogP contribution in [0.25, 0.3) is 11.8 Å². The number of rotatable bonds is 4. The van der Waals surface area contributed by atoms with Crippen LogP contribution in [0.15, 0.2) is 66.6 Å². The molecule has 4 rings (SSSR count). The summed E-state index contributed by atoms with van der Waals surface area (Å²) < 4.78 is 2.07. The zero-order valence-corrected chi connectivity index (χ0v) is 15.7. The Morgan fingerprint density at radius 2 is 1.86 bits per heavy atom. The Labute approximate surface area is 163 Å². The van der Waals surface area contributed by atoms with Crippen LogP contribution in [0.4, 0.5) is 4.79 Å². The Morgan fingerprint density at radius 3 is 2.57 bits per heavy atom. The van der Waals surface area contributed by atoms with Crippen LogP contribution in [0.3, 0.4) is 0 Å². The van der Waals surface area contributed by atoms with E-state index in [0.29, 0.717) is 0 Å². The molecule has 1 aromatic carbocycles. The minimum Gasteiger partial charge on any atom is -0.316 e. The van der Waals surface area contributed by atoms with Gasteiger partial charge < -0.3 is 9.88 Å². The highest BCUT2D eigenvalue weighted by atomic mass is 16.2. The molecule has 2 aromatic heterocycles. The lowest BCUT2D eigenvalue weighted by atomic mass is 10.2. The SMILES string of the molecule is Cc1cc(/C=C2/NC(=O)N(Cc3ccccc3)C2=O)c(C)n1-c1cccnc1. The smallest absolute Gasteiger partial charge is 0.316 e. The van der Waals surface area contributed by atoms with Crippen LogP contribution in [0.1, 0.15) is 22.5 Å². The second kappa shape index (κ2) is 7.15. The van der Waals surface area contributed by atoms with Gasteiger partial charge in [0.25, 0.3) is 5.91 Å². The second-order valence-electron chi connectivity index (χ2n) is 6.74. The molecular formula is C22H20N4O2. The Kier molecular flexibility index (Phi) is 4.53. The molecule has 1 aliphatic rings. The zero-order chi connectivity index (χ0) is 19.7. The predicted molar refractivity (Wildman–Crippen MR) is 107 cm³/mol. The van der Waals surface area contributed by atoms with Crippen molar-refractivity contribution in [1.82, 2.24) is 19.8 Å². The summed E-state index contributed by atoms with van der Waals surface area (Å²) in [6.45, 7) is 4.23. The molecule has 3 aromatic rings. The number of carbonyl (C=O) groups excluding carboxylic acids is 2. The number of aryl methyl sites for hydroxylation is 1. The van der Waals surface area contributed by atoms with Gasteiger partial charge in [0.2, 0.25) is 0 Å². The molecule has 0 unspecified atom stereocenters. The molecule has 140 valence electrons. The first-order chi connectivity index (χ1) is 13.5. The van der Waals surface area contributed by atoms with E-state index in [1.54, 1.807) is 18.5 Å². The van der Waals surface area contributed by atoms with Crippen LogP contribution >= 0.6 is 0 Å². The van der Waals surface area contributed by atoms with Crippen LogP contribution in [-0.2, 0) is 11.3 Å². The van der Waals surface area contributed by atoms with E-state index < -0.39 is 6.03 Å². The molecule has 0 spiro atoms. The average molecular weight is 372 g/mol. The van der Waals surface area contributed by atoms with E-state index >= 15 is 0 Å². The third-order valence-electron chi connectivity index (χ3n) is 4.82. The van der Waals surface area contributed by atoms with Gasteiger partial charge in [0, 0.05) is 17.6 Å². The minimum atomic E-state index is -0.402. The summed E-state index contributed by atoms with van der Waals surface area (Å²) in [5.74, 6) is -0.319. The van der Waals surface area contributed by atoms with Crippen molar-refractivity contribution in [2.75, 3.05) is 0 Å². The van der Waals surface area contributed by atoms with E-state index in [-0.39, 0.29) is 18.1 Å². The normalized spacial score (nSPS) is 15.4. The highest BCUT2D eigenvalue weighted by molar-refractivity contribution is 6.13. The molecule has 0 radical (unpaired) electrons. The topological polar surface area (TPSA) is 67.2 Å². The fourth-order valence-corrected chi connectivity index (χ4v) is 3.45. The molecule has 1 N–H and O–H groups in total. The minimum absolute atomic E-state index is 0.248. The third kappa shape index (κ3) is 3.20. The first-order valence-electron chi connectivity index (χ1n) is 9.02. The standard InChI is InChI=1S/C22H20N4O2/c1-15-11-18(16(2)26(15)19-9-6-10-23-13-19)12-20-21(27)25(22(28)24-20)14-17-7-4-3-5-8-17/h3-13H,14H2,1-2H3,(H,24,28)/b20-12+. The second-order valence-corrected chi connectivity index (χ2v) is 6.74. The number of carbonyl (C=O) groups is 2. The molecule has 28 heavy (non-hydrogen) atoms. The Bertz CT molecular complexity index is 1070. The molecule has 3 amide bonds. The first-order valence-corrected chi connectivity index (χ1v) is 9.02. The summed E-state index contributed by atoms with van der Waals surface area (Å²) in [6.07, 6.45) is 5.26. The van der Waals surface area contributed by atoms with Gasteiger partial charge in [-0.15, -0.1) is 0 Å². The zero-order valence-electron chi connectivity index (χ0n) is 15.7. The van der Waals surface area contributed by atoms with Gasteiger partial charge in [-0.1, -0.05) is 30.3 Å². The lowest BCUT2D eigenvalue weighted by molar-refractivity contribution is -0.123. The number of benzene rings is 1. The quantitative estimate of drug-likeness (QED) is 0.562. The van der Waals surface area contributed by atoms with Crippen LogP contribution in [0.5, 0.6) is 0 Å². The molecule has 1 saturated heterocycles. The van der Waals surface area contributed by atoms with Gasteiger partial charge in [-0.05, 0) is 49.2 Å². The summed E-state index contributed by atoms with van der Waals surface area (Å²) in [6, 6.07) is 14.9. The van der Waals surface area contributed by atoms with Crippen molar-refractivity contribution in [3.63, 3.8) is 0 Å². The third-order valence-corrected chi connectivity index (χ3v) is 4.82. The number of aromatic nitrogens is 2. The van der Waals surface area contributed by atoms with E-state index in [9.17, 15) is 9.59 Å². The number of hydrogen-bond acceptors (Lipinski definition) is 3. The van der Waals surface area contributed by atoms with Gasteiger partial charge in [0.05, 0.1) is 18.4 Å². The highest BCUT2D eigenvalue weighted by Crippen LogP contribution is 2.24. The van der Waals surface area contributed by atoms with Crippen LogP contribution in [-0.4, -0.2) is 26.4 Å². The largest absolute Gasteiger partial charge is 0.329 e. The molecule has 0 aliphatic carbocycles. The predicted octanol–water partition coefficient (Wildman–Crippen LogP) is 3.58. The number of nitrogens with zero attached hydrogens (tertiary/aromatic N) is 3. The lowest BCUT2D eigenvalue weighted by Gasteiger charge is -2.11. The van der Waals surface area contributed by atoms with Gasteiger partial charge in [-0.25, -0.2) is 4.79 Å². The molecule has 1 aliphatic heterocycles. The number of hydrogen-bond donors (Lipinski definition) is 1. The van der Waals surface area contributed by atoms with Gasteiger partial charge in [-0.3, -0.25) is 14.7 Å². The molecule has 0 atom stereocenters. The van der Waals surface area contributed by atoms with Gasteiger partial charge in [0.1, 0.15) is 5.70 Å². The summed E-state index contributed by atoms with van der Waals surface area (Å²) in [7, 11) is 0. The number of pyridine rings is 1. The fourth-order valence-electron chi connectivity index (χ4n) is 3.45. The monoisotopic (exact) mass is 372 g/mol. The Balaban J connectivity index is 1.63. The van der Waals surface area contributed by atoms with E-state index in [1.807, 2.05) is 62.4 Å². The van der Waals surface area contributed by atoms with Gasteiger partial charge in [0.15, 0.2) is 0 Å². The molecule has 0 saturated carbocycles. The van der Waals surface area contributed by atoms with Crippen LogP contribution in [0.2, 0.25) is 0 Å². The summed E-state index contributed by atoms with van der Waals surface area (Å²) in [5, 5.41) is 2.70.